The summed E-state index contributed by atoms with van der Waals surface area (Å²) in [4.78, 5) is 33.2. The van der Waals surface area contributed by atoms with E-state index < -0.39 is 11.8 Å². The molecule has 0 saturated carbocycles. The Labute approximate surface area is 184 Å². The third-order valence-electron chi connectivity index (χ3n) is 5.50. The molecule has 0 fully saturated rings. The van der Waals surface area contributed by atoms with E-state index in [0.717, 1.165) is 0 Å². The number of hydrogen-bond donors (Lipinski definition) is 2. The minimum atomic E-state index is -1.59. The van der Waals surface area contributed by atoms with Crippen LogP contribution in [0.25, 0.3) is 5.65 Å². The number of hydrogen-bond acceptors (Lipinski definition) is 6. The molecule has 0 radical (unpaired) electrons. The smallest absolute Gasteiger partial charge is 0.261 e. The fourth-order valence-corrected chi connectivity index (χ4v) is 3.62. The van der Waals surface area contributed by atoms with Gasteiger partial charge >= 0.3 is 0 Å². The average molecular weight is 440 g/mol. The van der Waals surface area contributed by atoms with Gasteiger partial charge in [-0.15, -0.1) is 0 Å². The molecule has 4 rings (SSSR count). The van der Waals surface area contributed by atoms with E-state index in [0.29, 0.717) is 33.7 Å². The van der Waals surface area contributed by atoms with Crippen molar-refractivity contribution in [2.75, 3.05) is 30.9 Å². The van der Waals surface area contributed by atoms with Crippen LogP contribution < -0.4 is 10.2 Å². The van der Waals surface area contributed by atoms with E-state index in [4.69, 9.17) is 0 Å². The van der Waals surface area contributed by atoms with Crippen LogP contribution in [-0.2, 0) is 6.54 Å². The number of anilines is 2. The minimum Gasteiger partial charge on any atom is -0.387 e. The first-order valence-electron chi connectivity index (χ1n) is 10.2. The van der Waals surface area contributed by atoms with E-state index in [-0.39, 0.29) is 24.9 Å². The number of amides is 2. The van der Waals surface area contributed by atoms with Crippen molar-refractivity contribution in [3.63, 3.8) is 0 Å². The maximum Gasteiger partial charge on any atom is 0.261 e. The average Bonchev–Trinajstić information content (AvgIpc) is 3.28. The molecule has 3 aromatic rings. The molecule has 9 nitrogen and oxygen atoms in total. The number of fused-ring (bicyclic) bond motifs is 2. The van der Waals surface area contributed by atoms with Gasteiger partial charge in [-0.2, -0.15) is 5.10 Å². The second kappa shape index (κ2) is 7.86. The van der Waals surface area contributed by atoms with Gasteiger partial charge in [-0.3, -0.25) is 9.59 Å². The molecule has 1 atom stereocenters. The maximum absolute atomic E-state index is 14.4. The molecule has 1 aliphatic heterocycles. The van der Waals surface area contributed by atoms with Gasteiger partial charge in [-0.05, 0) is 37.6 Å². The number of aromatic nitrogens is 3. The van der Waals surface area contributed by atoms with E-state index in [9.17, 15) is 19.1 Å². The van der Waals surface area contributed by atoms with Crippen molar-refractivity contribution in [1.29, 1.82) is 0 Å². The van der Waals surface area contributed by atoms with Crippen LogP contribution in [0.3, 0.4) is 0 Å². The third-order valence-corrected chi connectivity index (χ3v) is 5.50. The highest BCUT2D eigenvalue weighted by atomic mass is 19.1. The van der Waals surface area contributed by atoms with Gasteiger partial charge in [0.15, 0.2) is 5.65 Å². The fourth-order valence-electron chi connectivity index (χ4n) is 3.62. The molecule has 2 amide bonds. The molecule has 3 heterocycles. The Morgan fingerprint density at radius 3 is 2.81 bits per heavy atom. The lowest BCUT2D eigenvalue weighted by atomic mass is 10.0. The summed E-state index contributed by atoms with van der Waals surface area (Å²) in [6, 6.07) is 5.14. The summed E-state index contributed by atoms with van der Waals surface area (Å²) in [6.45, 7) is 2.72. The number of nitrogens with one attached hydrogen (secondary N) is 1. The summed E-state index contributed by atoms with van der Waals surface area (Å²) in [5.74, 6) is -0.687. The van der Waals surface area contributed by atoms with E-state index in [2.05, 4.69) is 15.4 Å². The van der Waals surface area contributed by atoms with E-state index in [1.807, 2.05) is 0 Å². The Balaban J connectivity index is 1.63. The van der Waals surface area contributed by atoms with Crippen LogP contribution in [0.2, 0.25) is 0 Å². The normalized spacial score (nSPS) is 14.6. The first-order valence-corrected chi connectivity index (χ1v) is 10.2. The molecule has 0 saturated heterocycles. The molecule has 2 N–H and O–H groups in total. The molecule has 1 aliphatic rings. The maximum atomic E-state index is 14.4. The predicted molar refractivity (Wildman–Crippen MR) is 118 cm³/mol. The number of carbonyl (C=O) groups is 2. The number of alkyl halides is 1. The lowest BCUT2D eigenvalue weighted by Gasteiger charge is -2.26. The Bertz CT molecular complexity index is 1200. The third kappa shape index (κ3) is 3.89. The monoisotopic (exact) mass is 440 g/mol. The minimum absolute atomic E-state index is 0.194. The molecule has 2 aromatic heterocycles. The number of aliphatic hydroxyl groups is 1. The topological polar surface area (TPSA) is 103 Å². The molecule has 0 bridgehead atoms. The predicted octanol–water partition coefficient (Wildman–Crippen LogP) is 2.11. The van der Waals surface area contributed by atoms with Crippen LogP contribution in [0, 0.1) is 0 Å². The van der Waals surface area contributed by atoms with Gasteiger partial charge in [-0.25, -0.2) is 13.9 Å². The molecule has 32 heavy (non-hydrogen) atoms. The second-order valence-electron chi connectivity index (χ2n) is 8.63. The van der Waals surface area contributed by atoms with E-state index in [1.54, 1.807) is 49.6 Å². The Morgan fingerprint density at radius 1 is 1.38 bits per heavy atom. The SMILES string of the molecule is CN(C)c1cc2c(cc1NC(=O)c1cnn3cccnc13)CN(CC(F)C(C)(C)O)C2=O. The van der Waals surface area contributed by atoms with Gasteiger partial charge in [0.2, 0.25) is 0 Å². The van der Waals surface area contributed by atoms with Crippen molar-refractivity contribution in [2.45, 2.75) is 32.2 Å². The first kappa shape index (κ1) is 21.7. The van der Waals surface area contributed by atoms with Gasteiger partial charge in [0.25, 0.3) is 11.8 Å². The molecular weight excluding hydrogens is 415 g/mol. The molecule has 10 heteroatoms. The van der Waals surface area contributed by atoms with E-state index in [1.165, 1.54) is 29.5 Å². The largest absolute Gasteiger partial charge is 0.387 e. The highest BCUT2D eigenvalue weighted by molar-refractivity contribution is 6.10. The lowest BCUT2D eigenvalue weighted by Crippen LogP contribution is -2.42. The lowest BCUT2D eigenvalue weighted by molar-refractivity contribution is -0.0159. The Morgan fingerprint density at radius 2 is 2.12 bits per heavy atom. The summed E-state index contributed by atoms with van der Waals surface area (Å²) in [7, 11) is 3.61. The molecule has 1 aromatic carbocycles. The number of halogens is 1. The number of carbonyl (C=O) groups excluding carboxylic acids is 2. The van der Waals surface area contributed by atoms with Crippen LogP contribution in [0.5, 0.6) is 0 Å². The zero-order chi connectivity index (χ0) is 23.2. The zero-order valence-corrected chi connectivity index (χ0v) is 18.3. The van der Waals surface area contributed by atoms with Crippen LogP contribution in [0.15, 0.2) is 36.8 Å². The summed E-state index contributed by atoms with van der Waals surface area (Å²) in [5, 5.41) is 16.9. The van der Waals surface area contributed by atoms with Crippen LogP contribution in [-0.4, -0.2) is 68.8 Å². The highest BCUT2D eigenvalue weighted by Gasteiger charge is 2.35. The van der Waals surface area contributed by atoms with Gasteiger partial charge in [0.05, 0.1) is 29.7 Å². The van der Waals surface area contributed by atoms with Crippen LogP contribution in [0.1, 0.15) is 40.1 Å². The zero-order valence-electron chi connectivity index (χ0n) is 18.3. The summed E-state index contributed by atoms with van der Waals surface area (Å²) < 4.78 is 15.9. The summed E-state index contributed by atoms with van der Waals surface area (Å²) in [6.07, 6.45) is 3.15. The standard InChI is InChI=1S/C22H25FN6O3/c1-22(2,32)18(23)12-28-11-13-8-16(17(27(3)4)9-14(13)21(28)31)26-20(30)15-10-25-29-7-5-6-24-19(15)29/h5-10,18,32H,11-12H2,1-4H3,(H,26,30). The van der Waals surface area contributed by atoms with E-state index >= 15 is 0 Å². The van der Waals surface area contributed by atoms with Crippen molar-refractivity contribution in [3.8, 4) is 0 Å². The number of rotatable bonds is 6. The number of nitrogens with zero attached hydrogens (tertiary/aromatic N) is 5. The molecule has 0 aliphatic carbocycles. The van der Waals surface area contributed by atoms with Crippen LogP contribution in [0.4, 0.5) is 15.8 Å². The molecule has 168 valence electrons. The molecule has 1 unspecified atom stereocenters. The Hall–Kier alpha value is -3.53. The van der Waals surface area contributed by atoms with Crippen LogP contribution >= 0.6 is 0 Å². The highest BCUT2D eigenvalue weighted by Crippen LogP contribution is 2.34. The molecule has 0 spiro atoms. The van der Waals surface area contributed by atoms with Crippen molar-refractivity contribution >= 4 is 28.8 Å². The fraction of sp³-hybridized carbons (Fsp3) is 0.364. The number of benzene rings is 1. The molecular formula is C22H25FN6O3. The Kier molecular flexibility index (Phi) is 5.33. The second-order valence-corrected chi connectivity index (χ2v) is 8.63. The van der Waals surface area contributed by atoms with Gasteiger partial charge in [0, 0.05) is 38.6 Å². The summed E-state index contributed by atoms with van der Waals surface area (Å²) in [5.41, 5.74) is 1.48. The van der Waals surface area contributed by atoms with Gasteiger partial charge < -0.3 is 20.2 Å². The quantitative estimate of drug-likeness (QED) is 0.609. The van der Waals surface area contributed by atoms with Crippen molar-refractivity contribution < 1.29 is 19.1 Å². The van der Waals surface area contributed by atoms with Crippen molar-refractivity contribution in [1.82, 2.24) is 19.5 Å². The van der Waals surface area contributed by atoms with Crippen molar-refractivity contribution in [2.24, 2.45) is 0 Å². The van der Waals surface area contributed by atoms with Gasteiger partial charge in [-0.1, -0.05) is 0 Å². The van der Waals surface area contributed by atoms with Crippen molar-refractivity contribution in [3.05, 3.63) is 53.5 Å². The van der Waals surface area contributed by atoms with Gasteiger partial charge in [0.1, 0.15) is 11.7 Å². The summed E-state index contributed by atoms with van der Waals surface area (Å²) >= 11 is 0. The first-order chi connectivity index (χ1) is 15.1.